The van der Waals surface area contributed by atoms with Crippen LogP contribution in [0.5, 0.6) is 0 Å². The van der Waals surface area contributed by atoms with Crippen LogP contribution in [-0.2, 0) is 0 Å². The molecule has 0 N–H and O–H groups in total. The van der Waals surface area contributed by atoms with Gasteiger partial charge in [-0.3, -0.25) is 9.80 Å². The highest BCUT2D eigenvalue weighted by molar-refractivity contribution is 4.98. The molecule has 0 aromatic heterocycles. The summed E-state index contributed by atoms with van der Waals surface area (Å²) >= 11 is 0. The molecule has 0 aromatic carbocycles. The highest BCUT2D eigenvalue weighted by Gasteiger charge is 2.41. The summed E-state index contributed by atoms with van der Waals surface area (Å²) in [6, 6.07) is 5.40. The lowest BCUT2D eigenvalue weighted by Gasteiger charge is -2.51. The van der Waals surface area contributed by atoms with Crippen LogP contribution in [0.4, 0.5) is 0 Å². The Morgan fingerprint density at radius 1 is 0.405 bits per heavy atom. The van der Waals surface area contributed by atoms with E-state index in [2.05, 4.69) is 35.8 Å². The summed E-state index contributed by atoms with van der Waals surface area (Å²) in [6.45, 7) is 4.78. The first-order valence-corrected chi connectivity index (χ1v) is 19.9. The average molecular weight is 579 g/mol. The topological polar surface area (TPSA) is 6.48 Å². The van der Waals surface area contributed by atoms with E-state index in [0.29, 0.717) is 0 Å². The van der Waals surface area contributed by atoms with Gasteiger partial charge in [-0.2, -0.15) is 0 Å². The molecule has 6 aliphatic carbocycles. The molecule has 6 fully saturated rings. The van der Waals surface area contributed by atoms with E-state index < -0.39 is 0 Å². The maximum absolute atomic E-state index is 3.20. The van der Waals surface area contributed by atoms with Crippen LogP contribution in [0.15, 0.2) is 12.2 Å². The van der Waals surface area contributed by atoms with E-state index in [4.69, 9.17) is 0 Å². The molecular formula is C40H70N2. The fourth-order valence-electron chi connectivity index (χ4n) is 11.9. The number of hydrogen-bond acceptors (Lipinski definition) is 2. The van der Waals surface area contributed by atoms with E-state index in [-0.39, 0.29) is 0 Å². The Hall–Kier alpha value is -0.340. The van der Waals surface area contributed by atoms with Crippen molar-refractivity contribution < 1.29 is 0 Å². The summed E-state index contributed by atoms with van der Waals surface area (Å²) < 4.78 is 0. The van der Waals surface area contributed by atoms with Crippen molar-refractivity contribution in [3.8, 4) is 0 Å². The zero-order chi connectivity index (χ0) is 28.7. The van der Waals surface area contributed by atoms with Gasteiger partial charge in [-0.1, -0.05) is 76.9 Å². The molecule has 240 valence electrons. The smallest absolute Gasteiger partial charge is 0.0107 e. The third-order valence-corrected chi connectivity index (χ3v) is 13.9. The minimum Gasteiger partial charge on any atom is -0.294 e. The first-order chi connectivity index (χ1) is 20.7. The van der Waals surface area contributed by atoms with E-state index in [0.717, 1.165) is 59.9 Å². The van der Waals surface area contributed by atoms with Crippen molar-refractivity contribution in [2.45, 2.75) is 217 Å². The lowest BCUT2D eigenvalue weighted by Crippen LogP contribution is -2.53. The number of allylic oxidation sites excluding steroid dienone is 2. The van der Waals surface area contributed by atoms with Crippen molar-refractivity contribution in [1.29, 1.82) is 0 Å². The lowest BCUT2D eigenvalue weighted by atomic mass is 9.70. The van der Waals surface area contributed by atoms with Crippen LogP contribution in [0.25, 0.3) is 0 Å². The quantitative estimate of drug-likeness (QED) is 0.264. The molecule has 6 aliphatic rings. The van der Waals surface area contributed by atoms with Crippen molar-refractivity contribution in [2.75, 3.05) is 0 Å². The Balaban J connectivity index is 1.04. The first-order valence-electron chi connectivity index (χ1n) is 19.9. The van der Waals surface area contributed by atoms with Crippen molar-refractivity contribution in [1.82, 2.24) is 9.80 Å². The molecular weight excluding hydrogens is 508 g/mol. The summed E-state index contributed by atoms with van der Waals surface area (Å²) in [5, 5.41) is 0. The Morgan fingerprint density at radius 3 is 1.31 bits per heavy atom. The van der Waals surface area contributed by atoms with Crippen LogP contribution >= 0.6 is 0 Å². The molecule has 6 rings (SSSR count). The number of nitrogens with zero attached hydrogens (tertiary/aromatic N) is 2. The molecule has 0 bridgehead atoms. The Bertz CT molecular complexity index is 792. The molecule has 6 saturated carbocycles. The highest BCUT2D eigenvalue weighted by Crippen LogP contribution is 2.45. The zero-order valence-corrected chi connectivity index (χ0v) is 28.2. The van der Waals surface area contributed by atoms with E-state index >= 15 is 0 Å². The van der Waals surface area contributed by atoms with Gasteiger partial charge in [-0.25, -0.2) is 0 Å². The van der Waals surface area contributed by atoms with E-state index in [9.17, 15) is 0 Å². The van der Waals surface area contributed by atoms with Gasteiger partial charge in [0.1, 0.15) is 0 Å². The molecule has 0 heterocycles. The van der Waals surface area contributed by atoms with Crippen LogP contribution in [0, 0.1) is 23.7 Å². The normalized spacial score (nSPS) is 40.2. The van der Waals surface area contributed by atoms with Gasteiger partial charge in [-0.05, 0) is 140 Å². The molecule has 0 spiro atoms. The highest BCUT2D eigenvalue weighted by atomic mass is 15.2. The predicted molar refractivity (Wildman–Crippen MR) is 181 cm³/mol. The van der Waals surface area contributed by atoms with E-state index in [1.165, 1.54) is 141 Å². The predicted octanol–water partition coefficient (Wildman–Crippen LogP) is 11.1. The minimum atomic E-state index is 0.844. The molecule has 42 heavy (non-hydrogen) atoms. The summed E-state index contributed by atoms with van der Waals surface area (Å²) in [6.07, 6.45) is 43.9. The van der Waals surface area contributed by atoms with E-state index in [1.54, 1.807) is 25.7 Å². The third kappa shape index (κ3) is 7.89. The zero-order valence-electron chi connectivity index (χ0n) is 28.2. The minimum absolute atomic E-state index is 0.844. The standard InChI is InChI=1S/C40H70N2/c1-3-12-32-14-11-20-40(30-32)42(36-17-8-5-9-18-36)38-27-23-34(24-28-38)33-21-25-37(26-22-33)41(35-15-6-4-7-16-35)39-19-10-13-31(2)29-39/h3,12,31-40H,4-11,13-30H2,1-2H3/b12-3-. The summed E-state index contributed by atoms with van der Waals surface area (Å²) in [7, 11) is 0. The van der Waals surface area contributed by atoms with Gasteiger partial charge in [-0.15, -0.1) is 0 Å². The maximum atomic E-state index is 3.20. The third-order valence-electron chi connectivity index (χ3n) is 13.9. The molecule has 2 heteroatoms. The molecule has 0 aliphatic heterocycles. The Labute approximate surface area is 262 Å². The Kier molecular flexibility index (Phi) is 11.9. The van der Waals surface area contributed by atoms with Gasteiger partial charge in [0, 0.05) is 36.3 Å². The SMILES string of the molecule is C/C=C\C1CCCC(N(C2CCCCC2)C2CCC(C3CCC(N(C4CCCCC4)C4CCCC(C)C4)CC3)CC2)C1. The summed E-state index contributed by atoms with van der Waals surface area (Å²) in [5.74, 6) is 3.88. The molecule has 0 aromatic rings. The van der Waals surface area contributed by atoms with Crippen LogP contribution in [0.1, 0.15) is 181 Å². The average Bonchev–Trinajstić information content (AvgIpc) is 3.04. The Morgan fingerprint density at radius 2 is 0.833 bits per heavy atom. The summed E-state index contributed by atoms with van der Waals surface area (Å²) in [5.41, 5.74) is 0. The second kappa shape index (κ2) is 15.8. The van der Waals surface area contributed by atoms with E-state index in [1.807, 2.05) is 0 Å². The fraction of sp³-hybridized carbons (Fsp3) is 0.950. The van der Waals surface area contributed by atoms with Gasteiger partial charge in [0.05, 0.1) is 0 Å². The largest absolute Gasteiger partial charge is 0.294 e. The van der Waals surface area contributed by atoms with Crippen molar-refractivity contribution in [3.63, 3.8) is 0 Å². The van der Waals surface area contributed by atoms with Crippen LogP contribution < -0.4 is 0 Å². The molecule has 0 amide bonds. The molecule has 2 nitrogen and oxygen atoms in total. The maximum Gasteiger partial charge on any atom is 0.0107 e. The lowest BCUT2D eigenvalue weighted by molar-refractivity contribution is -0.00979. The molecule has 0 radical (unpaired) electrons. The second-order valence-electron chi connectivity index (χ2n) is 16.6. The van der Waals surface area contributed by atoms with Gasteiger partial charge < -0.3 is 0 Å². The monoisotopic (exact) mass is 579 g/mol. The summed E-state index contributed by atoms with van der Waals surface area (Å²) in [4.78, 5) is 6.41. The van der Waals surface area contributed by atoms with Gasteiger partial charge in [0.25, 0.3) is 0 Å². The second-order valence-corrected chi connectivity index (χ2v) is 16.6. The first kappa shape index (κ1) is 31.6. The fourth-order valence-corrected chi connectivity index (χ4v) is 11.9. The van der Waals surface area contributed by atoms with Crippen molar-refractivity contribution in [3.05, 3.63) is 12.2 Å². The molecule has 0 saturated heterocycles. The number of hydrogen-bond donors (Lipinski definition) is 0. The van der Waals surface area contributed by atoms with Crippen LogP contribution in [0.2, 0.25) is 0 Å². The molecule has 4 atom stereocenters. The number of rotatable bonds is 8. The van der Waals surface area contributed by atoms with Crippen molar-refractivity contribution >= 4 is 0 Å². The van der Waals surface area contributed by atoms with Gasteiger partial charge in [0.15, 0.2) is 0 Å². The van der Waals surface area contributed by atoms with Gasteiger partial charge >= 0.3 is 0 Å². The molecule has 4 unspecified atom stereocenters. The van der Waals surface area contributed by atoms with Gasteiger partial charge in [0.2, 0.25) is 0 Å². The van der Waals surface area contributed by atoms with Crippen LogP contribution in [0.3, 0.4) is 0 Å². The van der Waals surface area contributed by atoms with Crippen molar-refractivity contribution in [2.24, 2.45) is 23.7 Å². The van der Waals surface area contributed by atoms with Crippen LogP contribution in [-0.4, -0.2) is 46.1 Å².